The number of nitrogens with zero attached hydrogens (tertiary/aromatic N) is 3. The molecule has 1 saturated carbocycles. The largest absolute Gasteiger partial charge is 0.453 e. The van der Waals surface area contributed by atoms with Crippen LogP contribution in [0.1, 0.15) is 30.7 Å². The van der Waals surface area contributed by atoms with E-state index in [4.69, 9.17) is 5.73 Å². The van der Waals surface area contributed by atoms with Crippen LogP contribution in [0.4, 0.5) is 10.6 Å². The first-order valence-corrected chi connectivity index (χ1v) is 7.22. The van der Waals surface area contributed by atoms with Gasteiger partial charge >= 0.3 is 6.09 Å². The summed E-state index contributed by atoms with van der Waals surface area (Å²) in [5.74, 6) is 0.464. The van der Waals surface area contributed by atoms with E-state index >= 15 is 0 Å². The minimum Gasteiger partial charge on any atom is -0.453 e. The summed E-state index contributed by atoms with van der Waals surface area (Å²) in [5, 5.41) is 2.63. The molecule has 1 heterocycles. The fraction of sp³-hybridized carbons (Fsp3) is 0.643. The maximum absolute atomic E-state index is 10.9. The predicted octanol–water partition coefficient (Wildman–Crippen LogP) is 0.942. The molecular weight excluding hydrogens is 270 g/mol. The monoisotopic (exact) mass is 293 g/mol. The Morgan fingerprint density at radius 1 is 1.57 bits per heavy atom. The molecule has 1 fully saturated rings. The molecule has 116 valence electrons. The number of hydrogen-bond donors (Lipinski definition) is 2. The van der Waals surface area contributed by atoms with Crippen molar-refractivity contribution in [3.63, 3.8) is 0 Å². The molecule has 1 aromatic rings. The number of alkyl carbamates (subject to hydrolysis) is 1. The number of aryl methyl sites for hydroxylation is 1. The van der Waals surface area contributed by atoms with Gasteiger partial charge in [0.2, 0.25) is 0 Å². The molecule has 1 aliphatic carbocycles. The highest BCUT2D eigenvalue weighted by Gasteiger charge is 2.26. The number of carbonyl (C=O) groups excluding carboxylic acids is 1. The molecule has 2 rings (SSSR count). The molecule has 1 aromatic heterocycles. The van der Waals surface area contributed by atoms with Gasteiger partial charge in [0.15, 0.2) is 0 Å². The van der Waals surface area contributed by atoms with Crippen LogP contribution in [0.3, 0.4) is 0 Å². The average molecular weight is 293 g/mol. The van der Waals surface area contributed by atoms with E-state index in [1.54, 1.807) is 6.20 Å². The Labute approximate surface area is 124 Å². The Morgan fingerprint density at radius 2 is 2.33 bits per heavy atom. The van der Waals surface area contributed by atoms with Gasteiger partial charge in [-0.1, -0.05) is 0 Å². The number of nitrogens with one attached hydrogen (secondary N) is 1. The maximum Gasteiger partial charge on any atom is 0.406 e. The van der Waals surface area contributed by atoms with Crippen molar-refractivity contribution in [1.82, 2.24) is 20.2 Å². The highest BCUT2D eigenvalue weighted by Crippen LogP contribution is 2.26. The first kappa shape index (κ1) is 15.5. The van der Waals surface area contributed by atoms with Gasteiger partial charge in [-0.3, -0.25) is 9.88 Å². The van der Waals surface area contributed by atoms with Crippen molar-refractivity contribution < 1.29 is 9.53 Å². The molecule has 0 spiro atoms. The number of rotatable bonds is 7. The van der Waals surface area contributed by atoms with Crippen LogP contribution in [-0.2, 0) is 17.7 Å². The summed E-state index contributed by atoms with van der Waals surface area (Å²) in [6.07, 6.45) is 5.29. The number of aromatic nitrogens is 2. The van der Waals surface area contributed by atoms with Crippen molar-refractivity contribution in [2.75, 3.05) is 26.4 Å². The summed E-state index contributed by atoms with van der Waals surface area (Å²) in [6.45, 7) is 1.32. The molecule has 7 nitrogen and oxygen atoms in total. The lowest BCUT2D eigenvalue weighted by atomic mass is 10.2. The third-order valence-electron chi connectivity index (χ3n) is 3.55. The lowest BCUT2D eigenvalue weighted by Gasteiger charge is -2.15. The third-order valence-corrected chi connectivity index (χ3v) is 3.55. The minimum atomic E-state index is -0.422. The normalized spacial score (nSPS) is 14.2. The summed E-state index contributed by atoms with van der Waals surface area (Å²) in [6, 6.07) is 0.692. The summed E-state index contributed by atoms with van der Waals surface area (Å²) < 4.78 is 4.51. The van der Waals surface area contributed by atoms with Gasteiger partial charge < -0.3 is 15.8 Å². The van der Waals surface area contributed by atoms with Crippen molar-refractivity contribution in [1.29, 1.82) is 0 Å². The van der Waals surface area contributed by atoms with E-state index in [9.17, 15) is 4.79 Å². The number of nitrogen functional groups attached to an aromatic ring is 1. The molecule has 7 heteroatoms. The zero-order valence-corrected chi connectivity index (χ0v) is 12.6. The van der Waals surface area contributed by atoms with Crippen molar-refractivity contribution in [2.45, 2.75) is 38.3 Å². The van der Waals surface area contributed by atoms with Gasteiger partial charge in [-0.2, -0.15) is 0 Å². The van der Waals surface area contributed by atoms with Gasteiger partial charge in [0.1, 0.15) is 5.82 Å². The lowest BCUT2D eigenvalue weighted by molar-refractivity contribution is 0.171. The Hall–Kier alpha value is -1.89. The van der Waals surface area contributed by atoms with Crippen molar-refractivity contribution in [3.05, 3.63) is 17.6 Å². The van der Waals surface area contributed by atoms with Gasteiger partial charge in [-0.25, -0.2) is 9.78 Å². The van der Waals surface area contributed by atoms with Crippen LogP contribution < -0.4 is 11.1 Å². The van der Waals surface area contributed by atoms with Gasteiger partial charge in [-0.15, -0.1) is 0 Å². The van der Waals surface area contributed by atoms with Crippen LogP contribution in [-0.4, -0.2) is 47.7 Å². The predicted molar refractivity (Wildman–Crippen MR) is 79.7 cm³/mol. The number of ether oxygens (including phenoxy) is 1. The van der Waals surface area contributed by atoms with Crippen LogP contribution in [0, 0.1) is 0 Å². The topological polar surface area (TPSA) is 93.4 Å². The second kappa shape index (κ2) is 7.21. The number of amides is 1. The van der Waals surface area contributed by atoms with Crippen LogP contribution in [0.25, 0.3) is 0 Å². The Bertz CT molecular complexity index is 490. The van der Waals surface area contributed by atoms with Gasteiger partial charge in [0.25, 0.3) is 0 Å². The number of carbonyl (C=O) groups is 1. The standard InChI is InChI=1S/C14H23N5O2/c1-19(11-5-6-11)9-10-8-17-13(15)12(18-10)4-3-7-16-14(20)21-2/h8,11H,3-7,9H2,1-2H3,(H2,15,17)(H,16,20). The fourth-order valence-electron chi connectivity index (χ4n) is 2.16. The molecule has 1 aliphatic rings. The zero-order chi connectivity index (χ0) is 15.2. The Morgan fingerprint density at radius 3 is 3.00 bits per heavy atom. The van der Waals surface area contributed by atoms with Crippen molar-refractivity contribution in [2.24, 2.45) is 0 Å². The van der Waals surface area contributed by atoms with Gasteiger partial charge in [-0.05, 0) is 32.7 Å². The second-order valence-electron chi connectivity index (χ2n) is 5.36. The van der Waals surface area contributed by atoms with E-state index in [0.29, 0.717) is 24.8 Å². The first-order valence-electron chi connectivity index (χ1n) is 7.22. The third kappa shape index (κ3) is 4.86. The van der Waals surface area contributed by atoms with Crippen LogP contribution in [0.2, 0.25) is 0 Å². The fourth-order valence-corrected chi connectivity index (χ4v) is 2.16. The molecular formula is C14H23N5O2. The van der Waals surface area contributed by atoms with Crippen molar-refractivity contribution >= 4 is 11.9 Å². The molecule has 3 N–H and O–H groups in total. The van der Waals surface area contributed by atoms with E-state index in [0.717, 1.165) is 24.4 Å². The molecule has 21 heavy (non-hydrogen) atoms. The summed E-state index contributed by atoms with van der Waals surface area (Å²) in [5.41, 5.74) is 7.60. The highest BCUT2D eigenvalue weighted by molar-refractivity contribution is 5.66. The van der Waals surface area contributed by atoms with Crippen molar-refractivity contribution in [3.8, 4) is 0 Å². The SMILES string of the molecule is COC(=O)NCCCc1nc(CN(C)C2CC2)cnc1N. The number of nitrogens with two attached hydrogens (primary N) is 1. The van der Waals surface area contributed by atoms with Crippen LogP contribution in [0.15, 0.2) is 6.20 Å². The molecule has 0 aromatic carbocycles. The second-order valence-corrected chi connectivity index (χ2v) is 5.36. The number of hydrogen-bond acceptors (Lipinski definition) is 6. The smallest absolute Gasteiger partial charge is 0.406 e. The maximum atomic E-state index is 10.9. The summed E-state index contributed by atoms with van der Waals surface area (Å²) in [7, 11) is 3.45. The lowest BCUT2D eigenvalue weighted by Crippen LogP contribution is -2.24. The number of methoxy groups -OCH3 is 1. The van der Waals surface area contributed by atoms with Gasteiger partial charge in [0, 0.05) is 19.1 Å². The van der Waals surface area contributed by atoms with Crippen LogP contribution in [0.5, 0.6) is 0 Å². The van der Waals surface area contributed by atoms with E-state index in [1.165, 1.54) is 20.0 Å². The first-order chi connectivity index (χ1) is 10.1. The highest BCUT2D eigenvalue weighted by atomic mass is 16.5. The zero-order valence-electron chi connectivity index (χ0n) is 12.6. The molecule has 0 bridgehead atoms. The molecule has 0 atom stereocenters. The Kier molecular flexibility index (Phi) is 5.32. The number of anilines is 1. The Balaban J connectivity index is 1.84. The van der Waals surface area contributed by atoms with E-state index in [-0.39, 0.29) is 0 Å². The molecule has 0 radical (unpaired) electrons. The quantitative estimate of drug-likeness (QED) is 0.727. The van der Waals surface area contributed by atoms with E-state index in [1.807, 2.05) is 0 Å². The van der Waals surface area contributed by atoms with Crippen LogP contribution >= 0.6 is 0 Å². The summed E-state index contributed by atoms with van der Waals surface area (Å²) >= 11 is 0. The summed E-state index contributed by atoms with van der Waals surface area (Å²) in [4.78, 5) is 22.0. The van der Waals surface area contributed by atoms with E-state index in [2.05, 4.69) is 32.0 Å². The molecule has 1 amide bonds. The molecule has 0 aliphatic heterocycles. The average Bonchev–Trinajstić information content (AvgIpc) is 3.31. The molecule has 0 saturated heterocycles. The van der Waals surface area contributed by atoms with E-state index < -0.39 is 6.09 Å². The van der Waals surface area contributed by atoms with Gasteiger partial charge in [0.05, 0.1) is 24.7 Å². The molecule has 0 unspecified atom stereocenters. The minimum absolute atomic E-state index is 0.422.